The molecule has 0 saturated carbocycles. The van der Waals surface area contributed by atoms with Crippen molar-refractivity contribution in [2.75, 3.05) is 19.8 Å². The summed E-state index contributed by atoms with van der Waals surface area (Å²) in [5, 5.41) is 17.1. The van der Waals surface area contributed by atoms with E-state index in [0.29, 0.717) is 58.8 Å². The molecule has 0 aliphatic carbocycles. The number of carbonyl (C=O) groups is 3. The van der Waals surface area contributed by atoms with Gasteiger partial charge in [-0.1, -0.05) is 89.0 Å². The van der Waals surface area contributed by atoms with Crippen LogP contribution in [0.25, 0.3) is 34.4 Å². The predicted octanol–water partition coefficient (Wildman–Crippen LogP) is 7.58. The average Bonchev–Trinajstić information content (AvgIpc) is 3.92. The molecule has 0 spiro atoms. The van der Waals surface area contributed by atoms with Crippen LogP contribution in [0.15, 0.2) is 61.2 Å². The van der Waals surface area contributed by atoms with Crippen LogP contribution in [0.2, 0.25) is 0 Å². The maximum absolute atomic E-state index is 13.3. The third-order valence-electron chi connectivity index (χ3n) is 8.70. The predicted molar refractivity (Wildman–Crippen MR) is 204 cm³/mol. The summed E-state index contributed by atoms with van der Waals surface area (Å²) >= 11 is 0. The number of hydrogen-bond acceptors (Lipinski definition) is 13. The second kappa shape index (κ2) is 21.1. The van der Waals surface area contributed by atoms with E-state index in [0.717, 1.165) is 77.0 Å². The van der Waals surface area contributed by atoms with Gasteiger partial charge < -0.3 is 14.2 Å². The van der Waals surface area contributed by atoms with Gasteiger partial charge in [0, 0.05) is 12.4 Å². The molecule has 15 nitrogen and oxygen atoms in total. The summed E-state index contributed by atoms with van der Waals surface area (Å²) in [6, 6.07) is 9.48. The smallest absolute Gasteiger partial charge is 0.338 e. The number of rotatable bonds is 22. The molecule has 0 amide bonds. The van der Waals surface area contributed by atoms with Gasteiger partial charge in [0.25, 0.3) is 0 Å². The third kappa shape index (κ3) is 11.8. The molecule has 0 aromatic carbocycles. The van der Waals surface area contributed by atoms with Gasteiger partial charge in [-0.3, -0.25) is 0 Å². The molecule has 0 aliphatic heterocycles. The van der Waals surface area contributed by atoms with Crippen molar-refractivity contribution in [2.24, 2.45) is 0 Å². The topological polar surface area (TPSA) is 179 Å². The number of nitrogens with zero attached hydrogens (tertiary/aromatic N) is 9. The van der Waals surface area contributed by atoms with E-state index in [9.17, 15) is 14.4 Å². The van der Waals surface area contributed by atoms with E-state index < -0.39 is 17.9 Å². The molecular formula is C40H49N9O6. The Balaban J connectivity index is 1.38. The summed E-state index contributed by atoms with van der Waals surface area (Å²) in [4.78, 5) is 52.2. The van der Waals surface area contributed by atoms with E-state index >= 15 is 0 Å². The molecule has 55 heavy (non-hydrogen) atoms. The van der Waals surface area contributed by atoms with E-state index in [1.165, 1.54) is 21.8 Å². The zero-order valence-electron chi connectivity index (χ0n) is 31.9. The van der Waals surface area contributed by atoms with Gasteiger partial charge in [0.05, 0.1) is 60.3 Å². The van der Waals surface area contributed by atoms with Crippen molar-refractivity contribution in [3.8, 4) is 34.4 Å². The first-order valence-corrected chi connectivity index (χ1v) is 19.2. The highest BCUT2D eigenvalue weighted by molar-refractivity contribution is 5.92. The second-order valence-corrected chi connectivity index (χ2v) is 13.1. The lowest BCUT2D eigenvalue weighted by Crippen LogP contribution is -2.08. The number of esters is 3. The van der Waals surface area contributed by atoms with Crippen molar-refractivity contribution in [3.05, 3.63) is 77.9 Å². The van der Waals surface area contributed by atoms with Gasteiger partial charge in [0.15, 0.2) is 11.6 Å². The van der Waals surface area contributed by atoms with Gasteiger partial charge in [-0.15, -0.1) is 10.2 Å². The van der Waals surface area contributed by atoms with Crippen LogP contribution in [0.1, 0.15) is 129 Å². The van der Waals surface area contributed by atoms with Crippen LogP contribution in [0.3, 0.4) is 0 Å². The monoisotopic (exact) mass is 751 g/mol. The number of carbonyl (C=O) groups excluding carboxylic acids is 3. The standard InChI is InChI=1S/C40H49N9O6/c1-4-7-10-13-20-53-38(50)29-16-18-41-36(25-29)48-27-34(44-46-48)32-23-31(40(52)55-22-15-12-9-6-3)24-33(43-32)35-28-49(47-45-35)37-26-30(17-19-42-37)39(51)54-21-14-11-8-5-2/h16-19,23-28H,4-15,20-22H2,1-3H3. The minimum atomic E-state index is -0.522. The molecular weight excluding hydrogens is 702 g/mol. The van der Waals surface area contributed by atoms with E-state index in [4.69, 9.17) is 19.2 Å². The number of ether oxygens (including phenoxy) is 3. The summed E-state index contributed by atoms with van der Waals surface area (Å²) in [5.74, 6) is -0.715. The normalized spacial score (nSPS) is 11.0. The van der Waals surface area contributed by atoms with Gasteiger partial charge in [-0.05, 0) is 55.7 Å². The highest BCUT2D eigenvalue weighted by Gasteiger charge is 2.19. The molecule has 0 radical (unpaired) electrons. The Labute approximate surface area is 320 Å². The molecule has 5 rings (SSSR count). The molecule has 0 N–H and O–H groups in total. The third-order valence-corrected chi connectivity index (χ3v) is 8.70. The fourth-order valence-electron chi connectivity index (χ4n) is 5.57. The molecule has 0 atom stereocenters. The Bertz CT molecular complexity index is 1880. The van der Waals surface area contributed by atoms with Crippen molar-refractivity contribution < 1.29 is 28.6 Å². The van der Waals surface area contributed by atoms with Crippen LogP contribution >= 0.6 is 0 Å². The molecule has 0 aliphatic rings. The Kier molecular flexibility index (Phi) is 15.5. The lowest BCUT2D eigenvalue weighted by atomic mass is 10.1. The van der Waals surface area contributed by atoms with Gasteiger partial charge in [-0.2, -0.15) is 0 Å². The first-order chi connectivity index (χ1) is 26.9. The first-order valence-electron chi connectivity index (χ1n) is 19.2. The second-order valence-electron chi connectivity index (χ2n) is 13.1. The van der Waals surface area contributed by atoms with Gasteiger partial charge in [0.1, 0.15) is 11.4 Å². The molecule has 0 fully saturated rings. The molecule has 5 aromatic rings. The fraction of sp³-hybridized carbons (Fsp3) is 0.450. The van der Waals surface area contributed by atoms with Crippen molar-refractivity contribution in [3.63, 3.8) is 0 Å². The molecule has 5 aromatic heterocycles. The summed E-state index contributed by atoms with van der Waals surface area (Å²) in [7, 11) is 0. The summed E-state index contributed by atoms with van der Waals surface area (Å²) in [6.45, 7) is 7.35. The van der Waals surface area contributed by atoms with Crippen LogP contribution in [-0.4, -0.2) is 82.7 Å². The zero-order valence-corrected chi connectivity index (χ0v) is 31.9. The Morgan fingerprint density at radius 3 is 1.31 bits per heavy atom. The lowest BCUT2D eigenvalue weighted by Gasteiger charge is -2.08. The molecule has 15 heteroatoms. The molecule has 0 bridgehead atoms. The fourth-order valence-corrected chi connectivity index (χ4v) is 5.57. The Morgan fingerprint density at radius 1 is 0.509 bits per heavy atom. The Morgan fingerprint density at radius 2 is 0.909 bits per heavy atom. The number of unbranched alkanes of at least 4 members (excludes halogenated alkanes) is 9. The quantitative estimate of drug-likeness (QED) is 0.0384. The molecule has 5 heterocycles. The average molecular weight is 752 g/mol. The van der Waals surface area contributed by atoms with Crippen molar-refractivity contribution >= 4 is 17.9 Å². The minimum absolute atomic E-state index is 0.239. The minimum Gasteiger partial charge on any atom is -0.462 e. The summed E-state index contributed by atoms with van der Waals surface area (Å²) in [5.41, 5.74) is 2.22. The summed E-state index contributed by atoms with van der Waals surface area (Å²) < 4.78 is 19.3. The largest absolute Gasteiger partial charge is 0.462 e. The van der Waals surface area contributed by atoms with E-state index in [2.05, 4.69) is 51.4 Å². The van der Waals surface area contributed by atoms with Gasteiger partial charge in [-0.25, -0.2) is 38.7 Å². The van der Waals surface area contributed by atoms with Crippen LogP contribution in [0, 0.1) is 0 Å². The SMILES string of the molecule is CCCCCCOC(=O)c1cc(-c2cn(-c3cc(C(=O)OCCCCCC)ccn3)nn2)nc(-c2cn(-c3cc(C(=O)OCCCCCC)ccn3)nn2)c1. The number of hydrogen-bond donors (Lipinski definition) is 0. The van der Waals surface area contributed by atoms with Crippen LogP contribution in [-0.2, 0) is 14.2 Å². The Hall–Kier alpha value is -5.86. The number of aromatic nitrogens is 9. The summed E-state index contributed by atoms with van der Waals surface area (Å²) in [6.07, 6.45) is 18.0. The van der Waals surface area contributed by atoms with Crippen LogP contribution in [0.5, 0.6) is 0 Å². The molecule has 0 unspecified atom stereocenters. The van der Waals surface area contributed by atoms with Gasteiger partial charge in [0.2, 0.25) is 0 Å². The van der Waals surface area contributed by atoms with Crippen molar-refractivity contribution in [1.82, 2.24) is 44.9 Å². The highest BCUT2D eigenvalue weighted by Crippen LogP contribution is 2.24. The van der Waals surface area contributed by atoms with Gasteiger partial charge >= 0.3 is 17.9 Å². The molecule has 0 saturated heterocycles. The van der Waals surface area contributed by atoms with E-state index in [1.807, 2.05) is 0 Å². The van der Waals surface area contributed by atoms with Crippen LogP contribution in [0.4, 0.5) is 0 Å². The first kappa shape index (κ1) is 40.3. The number of pyridine rings is 3. The van der Waals surface area contributed by atoms with E-state index in [1.54, 1.807) is 48.8 Å². The highest BCUT2D eigenvalue weighted by atomic mass is 16.5. The van der Waals surface area contributed by atoms with Crippen molar-refractivity contribution in [1.29, 1.82) is 0 Å². The lowest BCUT2D eigenvalue weighted by molar-refractivity contribution is 0.0488. The maximum atomic E-state index is 13.3. The van der Waals surface area contributed by atoms with E-state index in [-0.39, 0.29) is 12.2 Å². The van der Waals surface area contributed by atoms with Crippen LogP contribution < -0.4 is 0 Å². The zero-order chi connectivity index (χ0) is 38.8. The molecule has 290 valence electrons. The maximum Gasteiger partial charge on any atom is 0.338 e. The van der Waals surface area contributed by atoms with Crippen molar-refractivity contribution in [2.45, 2.75) is 97.8 Å².